The molecule has 0 aromatic carbocycles. The normalized spacial score (nSPS) is 46.6. The predicted molar refractivity (Wildman–Crippen MR) is 83.0 cm³/mol. The largest absolute Gasteiger partial charge is 0.385 e. The molecule has 0 saturated heterocycles. The molecule has 4 rings (SSSR count). The summed E-state index contributed by atoms with van der Waals surface area (Å²) < 4.78 is 0. The Labute approximate surface area is 130 Å². The number of hydrogen-bond acceptors (Lipinski definition) is 3. The Kier molecular flexibility index (Phi) is 2.75. The Balaban J connectivity index is 1.79. The van der Waals surface area contributed by atoms with Crippen molar-refractivity contribution in [1.82, 2.24) is 0 Å². The maximum Gasteiger partial charge on any atom is 0.178 e. The van der Waals surface area contributed by atoms with Crippen LogP contribution in [0.5, 0.6) is 0 Å². The van der Waals surface area contributed by atoms with E-state index in [1.54, 1.807) is 12.2 Å². The lowest BCUT2D eigenvalue weighted by Gasteiger charge is -2.50. The van der Waals surface area contributed by atoms with Gasteiger partial charge in [0.1, 0.15) is 6.10 Å². The van der Waals surface area contributed by atoms with Gasteiger partial charge in [0.25, 0.3) is 0 Å². The lowest BCUT2D eigenvalue weighted by Crippen LogP contribution is -2.43. The Hall–Kier alpha value is -1.48. The molecule has 0 spiro atoms. The Morgan fingerprint density at radius 3 is 2.82 bits per heavy atom. The van der Waals surface area contributed by atoms with Crippen molar-refractivity contribution in [2.45, 2.75) is 45.6 Å². The van der Waals surface area contributed by atoms with Crippen molar-refractivity contribution in [3.63, 3.8) is 0 Å². The maximum absolute atomic E-state index is 12.4. The van der Waals surface area contributed by atoms with Crippen LogP contribution in [0.1, 0.15) is 39.5 Å². The highest BCUT2D eigenvalue weighted by Crippen LogP contribution is 2.61. The molecule has 0 amide bonds. The van der Waals surface area contributed by atoms with Gasteiger partial charge in [-0.15, -0.1) is 0 Å². The predicted octanol–water partition coefficient (Wildman–Crippen LogP) is 2.75. The molecule has 3 heteroatoms. The molecule has 3 nitrogen and oxygen atoms in total. The fraction of sp³-hybridized carbons (Fsp3) is 0.579. The van der Waals surface area contributed by atoms with Gasteiger partial charge in [0.05, 0.1) is 0 Å². The summed E-state index contributed by atoms with van der Waals surface area (Å²) in [6.45, 7) is 4.22. The van der Waals surface area contributed by atoms with Crippen LogP contribution in [-0.4, -0.2) is 22.8 Å². The van der Waals surface area contributed by atoms with Crippen molar-refractivity contribution in [3.05, 3.63) is 35.5 Å². The van der Waals surface area contributed by atoms with Crippen LogP contribution in [0.3, 0.4) is 0 Å². The lowest BCUT2D eigenvalue weighted by molar-refractivity contribution is -0.133. The van der Waals surface area contributed by atoms with E-state index in [4.69, 9.17) is 0 Å². The minimum atomic E-state index is -0.795. The Morgan fingerprint density at radius 2 is 2.05 bits per heavy atom. The molecule has 0 radical (unpaired) electrons. The van der Waals surface area contributed by atoms with Crippen LogP contribution in [0, 0.1) is 22.7 Å². The monoisotopic (exact) mass is 298 g/mol. The van der Waals surface area contributed by atoms with Crippen molar-refractivity contribution in [1.29, 1.82) is 0 Å². The second-order valence-corrected chi connectivity index (χ2v) is 7.76. The molecule has 0 bridgehead atoms. The topological polar surface area (TPSA) is 54.4 Å². The van der Waals surface area contributed by atoms with Crippen molar-refractivity contribution >= 4 is 11.6 Å². The number of Topliss-reactive ketones (excluding diaryl/α,β-unsaturated/α-hetero) is 1. The summed E-state index contributed by atoms with van der Waals surface area (Å²) in [4.78, 5) is 24.1. The van der Waals surface area contributed by atoms with Gasteiger partial charge in [0, 0.05) is 10.8 Å². The van der Waals surface area contributed by atoms with E-state index in [1.807, 2.05) is 13.0 Å². The first-order chi connectivity index (χ1) is 10.4. The quantitative estimate of drug-likeness (QED) is 0.700. The smallest absolute Gasteiger partial charge is 0.178 e. The van der Waals surface area contributed by atoms with Crippen LogP contribution in [0.2, 0.25) is 0 Å². The molecule has 2 fully saturated rings. The molecular weight excluding hydrogens is 276 g/mol. The molecule has 0 aliphatic heterocycles. The number of carbonyl (C=O) groups is 2. The molecule has 0 aromatic rings. The van der Waals surface area contributed by atoms with Gasteiger partial charge in [0.2, 0.25) is 0 Å². The molecule has 0 aromatic heterocycles. The zero-order valence-electron chi connectivity index (χ0n) is 13.1. The third-order valence-corrected chi connectivity index (χ3v) is 6.68. The second kappa shape index (κ2) is 4.29. The van der Waals surface area contributed by atoms with E-state index in [-0.39, 0.29) is 22.9 Å². The van der Waals surface area contributed by atoms with Crippen molar-refractivity contribution in [2.75, 3.05) is 0 Å². The van der Waals surface area contributed by atoms with Gasteiger partial charge < -0.3 is 5.11 Å². The molecule has 22 heavy (non-hydrogen) atoms. The first-order valence-electron chi connectivity index (χ1n) is 8.23. The molecule has 4 aliphatic carbocycles. The third-order valence-electron chi connectivity index (χ3n) is 6.68. The number of fused-ring (bicyclic) bond motifs is 5. The van der Waals surface area contributed by atoms with Crippen molar-refractivity contribution in [2.24, 2.45) is 22.7 Å². The highest BCUT2D eigenvalue weighted by atomic mass is 16.3. The van der Waals surface area contributed by atoms with Gasteiger partial charge in [-0.05, 0) is 56.6 Å². The number of ketones is 2. The summed E-state index contributed by atoms with van der Waals surface area (Å²) in [6.07, 6.45) is 10.1. The number of aliphatic hydroxyl groups excluding tert-OH is 1. The minimum Gasteiger partial charge on any atom is -0.385 e. The van der Waals surface area contributed by atoms with E-state index >= 15 is 0 Å². The van der Waals surface area contributed by atoms with Gasteiger partial charge in [-0.3, -0.25) is 9.59 Å². The lowest BCUT2D eigenvalue weighted by atomic mass is 9.53. The van der Waals surface area contributed by atoms with Crippen molar-refractivity contribution < 1.29 is 14.7 Å². The zero-order valence-corrected chi connectivity index (χ0v) is 13.1. The van der Waals surface area contributed by atoms with Crippen LogP contribution in [0.15, 0.2) is 35.5 Å². The van der Waals surface area contributed by atoms with Crippen LogP contribution in [-0.2, 0) is 9.59 Å². The third kappa shape index (κ3) is 1.60. The molecule has 116 valence electrons. The summed E-state index contributed by atoms with van der Waals surface area (Å²) in [5.74, 6) is 0.687. The molecule has 4 aliphatic rings. The molecule has 2 saturated carbocycles. The van der Waals surface area contributed by atoms with E-state index in [0.717, 1.165) is 12.8 Å². The summed E-state index contributed by atoms with van der Waals surface area (Å²) >= 11 is 0. The first-order valence-corrected chi connectivity index (χ1v) is 8.23. The average Bonchev–Trinajstić information content (AvgIpc) is 2.72. The summed E-state index contributed by atoms with van der Waals surface area (Å²) in [7, 11) is 0. The minimum absolute atomic E-state index is 0.0219. The highest BCUT2D eigenvalue weighted by molar-refractivity contribution is 6.01. The van der Waals surface area contributed by atoms with Gasteiger partial charge in [-0.25, -0.2) is 0 Å². The average molecular weight is 298 g/mol. The number of carbonyl (C=O) groups excluding carboxylic acids is 2. The van der Waals surface area contributed by atoms with E-state index in [1.165, 1.54) is 11.1 Å². The highest BCUT2D eigenvalue weighted by Gasteiger charge is 2.58. The second-order valence-electron chi connectivity index (χ2n) is 7.76. The molecule has 0 heterocycles. The van der Waals surface area contributed by atoms with Gasteiger partial charge in [0.15, 0.2) is 11.6 Å². The van der Waals surface area contributed by atoms with Crippen LogP contribution in [0.4, 0.5) is 0 Å². The number of allylic oxidation sites excluding steroid dienone is 6. The van der Waals surface area contributed by atoms with Crippen LogP contribution >= 0.6 is 0 Å². The van der Waals surface area contributed by atoms with Gasteiger partial charge in [-0.2, -0.15) is 0 Å². The summed E-state index contributed by atoms with van der Waals surface area (Å²) in [6, 6.07) is 0. The standard InChI is InChI=1S/C19H22O3/c1-18-7-5-12(20)9-11(18)3-4-13-14(18)6-8-19(2)15(13)10-16(21)17(19)22/h5-7,9,13,15-16,21H,3-4,8,10H2,1-2H3/t13-,15+,16-,18+,19+/m1/s1. The van der Waals surface area contributed by atoms with Crippen LogP contribution in [0.25, 0.3) is 0 Å². The fourth-order valence-electron chi connectivity index (χ4n) is 5.33. The summed E-state index contributed by atoms with van der Waals surface area (Å²) in [5.41, 5.74) is 1.99. The fourth-order valence-corrected chi connectivity index (χ4v) is 5.33. The van der Waals surface area contributed by atoms with Gasteiger partial charge in [-0.1, -0.05) is 30.2 Å². The van der Waals surface area contributed by atoms with Crippen molar-refractivity contribution in [3.8, 4) is 0 Å². The Bertz CT molecular complexity index is 668. The first kappa shape index (κ1) is 14.1. The zero-order chi connectivity index (χ0) is 15.7. The SMILES string of the molecule is C[C@]12C=CC(=O)C=C1CC[C@@H]1C2=CC[C@]2(C)C(=O)[C@H](O)C[C@@H]12. The molecule has 5 atom stereocenters. The van der Waals surface area contributed by atoms with E-state index in [9.17, 15) is 14.7 Å². The summed E-state index contributed by atoms with van der Waals surface area (Å²) in [5, 5.41) is 10.1. The molecule has 1 N–H and O–H groups in total. The van der Waals surface area contributed by atoms with E-state index in [2.05, 4.69) is 13.0 Å². The number of hydrogen-bond donors (Lipinski definition) is 1. The maximum atomic E-state index is 12.4. The van der Waals surface area contributed by atoms with E-state index < -0.39 is 11.5 Å². The molecule has 0 unspecified atom stereocenters. The number of aliphatic hydroxyl groups is 1. The van der Waals surface area contributed by atoms with Crippen LogP contribution < -0.4 is 0 Å². The van der Waals surface area contributed by atoms with E-state index in [0.29, 0.717) is 18.8 Å². The van der Waals surface area contributed by atoms with Gasteiger partial charge >= 0.3 is 0 Å². The molecular formula is C19H22O3. The Morgan fingerprint density at radius 1 is 1.27 bits per heavy atom. The number of rotatable bonds is 0.